The number of aliphatic hydroxyl groups is 1. The average Bonchev–Trinajstić information content (AvgIpc) is 2.98. The van der Waals surface area contributed by atoms with E-state index in [9.17, 15) is 23.1 Å². The van der Waals surface area contributed by atoms with Crippen molar-refractivity contribution in [1.82, 2.24) is 9.55 Å². The minimum Gasteiger partial charge on any atom is -0.424 e. The summed E-state index contributed by atoms with van der Waals surface area (Å²) < 4.78 is 65.1. The maximum Gasteiger partial charge on any atom is 0.381 e. The number of rotatable bonds is 5. The second-order valence-corrected chi connectivity index (χ2v) is 9.83. The van der Waals surface area contributed by atoms with Crippen LogP contribution in [0.3, 0.4) is 0 Å². The highest BCUT2D eigenvalue weighted by Gasteiger charge is 2.62. The molecule has 31 heavy (non-hydrogen) atoms. The number of benzene rings is 1. The van der Waals surface area contributed by atoms with Gasteiger partial charge in [0.25, 0.3) is 6.43 Å². The Bertz CT molecular complexity index is 1090. The first-order valence-electron chi connectivity index (χ1n) is 8.94. The van der Waals surface area contributed by atoms with E-state index >= 15 is 0 Å². The van der Waals surface area contributed by atoms with Crippen LogP contribution >= 0.6 is 6.72 Å². The normalized spacial score (nSPS) is 32.6. The Morgan fingerprint density at radius 3 is 2.87 bits per heavy atom. The van der Waals surface area contributed by atoms with Crippen LogP contribution in [0.5, 0.6) is 5.75 Å². The number of ether oxygens (including phenoxy) is 1. The Hall–Kier alpha value is -2.02. The third kappa shape index (κ3) is 3.97. The number of aromatic nitrogens is 2. The number of nitrogens with zero attached hydrogens (tertiary/aromatic N) is 2. The maximum atomic E-state index is 15.0. The molecular formula is C17H17F3N3O6PS. The lowest BCUT2D eigenvalue weighted by Crippen LogP contribution is -2.50. The third-order valence-corrected chi connectivity index (χ3v) is 7.07. The van der Waals surface area contributed by atoms with Crippen molar-refractivity contribution in [3.05, 3.63) is 52.6 Å². The SMILES string of the molecule is Nc1ccn([C@H]2O[C@](COP3(=S)OCc4ccccc4O3)(C(F)F)[C@H](F)[C@@H]2O)c(=O)n1. The Labute approximate surface area is 178 Å². The average molecular weight is 479 g/mol. The number of alkyl halides is 3. The van der Waals surface area contributed by atoms with Gasteiger partial charge >= 0.3 is 12.4 Å². The summed E-state index contributed by atoms with van der Waals surface area (Å²) in [7, 11) is 0. The van der Waals surface area contributed by atoms with Crippen LogP contribution < -0.4 is 15.9 Å². The van der Waals surface area contributed by atoms with Crippen molar-refractivity contribution in [1.29, 1.82) is 0 Å². The van der Waals surface area contributed by atoms with Crippen LogP contribution in [0.4, 0.5) is 19.0 Å². The molecule has 3 heterocycles. The van der Waals surface area contributed by atoms with Crippen LogP contribution in [0, 0.1) is 0 Å². The van der Waals surface area contributed by atoms with Gasteiger partial charge in [-0.25, -0.2) is 18.0 Å². The van der Waals surface area contributed by atoms with Gasteiger partial charge in [0.15, 0.2) is 18.0 Å². The highest BCUT2D eigenvalue weighted by atomic mass is 32.5. The van der Waals surface area contributed by atoms with Crippen LogP contribution in [0.25, 0.3) is 0 Å². The van der Waals surface area contributed by atoms with E-state index in [0.717, 1.165) is 6.20 Å². The van der Waals surface area contributed by atoms with Crippen molar-refractivity contribution in [2.45, 2.75) is 37.1 Å². The van der Waals surface area contributed by atoms with E-state index in [2.05, 4.69) is 4.98 Å². The van der Waals surface area contributed by atoms with Gasteiger partial charge in [-0.1, -0.05) is 18.2 Å². The van der Waals surface area contributed by atoms with E-state index in [-0.39, 0.29) is 12.4 Å². The summed E-state index contributed by atoms with van der Waals surface area (Å²) in [5, 5.41) is 10.2. The highest BCUT2D eigenvalue weighted by Crippen LogP contribution is 2.56. The lowest BCUT2D eigenvalue weighted by molar-refractivity contribution is -0.183. The van der Waals surface area contributed by atoms with Gasteiger partial charge in [-0.2, -0.15) is 4.98 Å². The summed E-state index contributed by atoms with van der Waals surface area (Å²) in [6, 6.07) is 7.94. The van der Waals surface area contributed by atoms with Gasteiger partial charge in [0.2, 0.25) is 0 Å². The second kappa shape index (κ2) is 8.15. The van der Waals surface area contributed by atoms with Crippen LogP contribution in [0.2, 0.25) is 0 Å². The molecule has 9 nitrogen and oxygen atoms in total. The molecule has 2 aromatic rings. The number of aliphatic hydroxyl groups excluding tert-OH is 1. The molecule has 1 unspecified atom stereocenters. The first-order valence-corrected chi connectivity index (χ1v) is 11.5. The predicted molar refractivity (Wildman–Crippen MR) is 105 cm³/mol. The number of hydrogen-bond donors (Lipinski definition) is 2. The van der Waals surface area contributed by atoms with E-state index < -0.39 is 49.5 Å². The van der Waals surface area contributed by atoms with Crippen molar-refractivity contribution < 1.29 is 36.6 Å². The van der Waals surface area contributed by atoms with Crippen molar-refractivity contribution >= 4 is 24.3 Å². The van der Waals surface area contributed by atoms with Gasteiger partial charge in [0, 0.05) is 23.6 Å². The zero-order valence-corrected chi connectivity index (χ0v) is 17.3. The zero-order chi connectivity index (χ0) is 22.4. The summed E-state index contributed by atoms with van der Waals surface area (Å²) in [6.07, 6.45) is -8.92. The number of anilines is 1. The zero-order valence-electron chi connectivity index (χ0n) is 15.6. The first kappa shape index (κ1) is 22.2. The lowest BCUT2D eigenvalue weighted by Gasteiger charge is -2.33. The molecule has 0 amide bonds. The third-order valence-electron chi connectivity index (χ3n) is 4.90. The molecule has 2 aliphatic rings. The van der Waals surface area contributed by atoms with Crippen molar-refractivity contribution in [2.75, 3.05) is 12.3 Å². The second-order valence-electron chi connectivity index (χ2n) is 6.89. The van der Waals surface area contributed by atoms with Gasteiger partial charge in [-0.3, -0.25) is 13.6 Å². The molecule has 4 rings (SSSR count). The summed E-state index contributed by atoms with van der Waals surface area (Å²) in [5.74, 6) is 0.225. The van der Waals surface area contributed by atoms with Gasteiger partial charge in [-0.05, 0) is 12.1 Å². The van der Waals surface area contributed by atoms with Gasteiger partial charge in [0.1, 0.15) is 17.7 Å². The topological polar surface area (TPSA) is 118 Å². The molecule has 14 heteroatoms. The Morgan fingerprint density at radius 1 is 1.42 bits per heavy atom. The molecule has 1 saturated heterocycles. The number of nitrogen functional groups attached to an aromatic ring is 1. The van der Waals surface area contributed by atoms with Crippen molar-refractivity contribution in [3.63, 3.8) is 0 Å². The van der Waals surface area contributed by atoms with Gasteiger partial charge in [-0.15, -0.1) is 0 Å². The molecule has 0 spiro atoms. The fourth-order valence-corrected chi connectivity index (χ4v) is 5.05. The quantitative estimate of drug-likeness (QED) is 0.620. The number of fused-ring (bicyclic) bond motifs is 1. The van der Waals surface area contributed by atoms with E-state index in [1.807, 2.05) is 0 Å². The number of nitrogens with two attached hydrogens (primary N) is 1. The largest absolute Gasteiger partial charge is 0.424 e. The fraction of sp³-hybridized carbons (Fsp3) is 0.412. The van der Waals surface area contributed by atoms with Crippen LogP contribution in [-0.4, -0.2) is 45.6 Å². The summed E-state index contributed by atoms with van der Waals surface area (Å²) in [6.45, 7) is -4.63. The summed E-state index contributed by atoms with van der Waals surface area (Å²) >= 11 is 5.21. The molecule has 1 aromatic heterocycles. The highest BCUT2D eigenvalue weighted by molar-refractivity contribution is 8.07. The molecule has 0 bridgehead atoms. The van der Waals surface area contributed by atoms with E-state index in [1.165, 1.54) is 6.07 Å². The minimum absolute atomic E-state index is 0.0206. The summed E-state index contributed by atoms with van der Waals surface area (Å²) in [4.78, 5) is 15.4. The fourth-order valence-electron chi connectivity index (χ4n) is 3.23. The van der Waals surface area contributed by atoms with Crippen LogP contribution in [0.1, 0.15) is 11.8 Å². The number of hydrogen-bond acceptors (Lipinski definition) is 9. The molecule has 1 fully saturated rings. The van der Waals surface area contributed by atoms with Crippen LogP contribution in [0.15, 0.2) is 41.3 Å². The number of halogens is 3. The molecule has 0 radical (unpaired) electrons. The molecule has 1 aromatic carbocycles. The lowest BCUT2D eigenvalue weighted by atomic mass is 9.98. The van der Waals surface area contributed by atoms with Gasteiger partial charge in [0.05, 0.1) is 13.2 Å². The standard InChI is InChI=1S/C17H17F3N3O6PS/c18-13-12(24)14(23-6-5-11(21)22-16(23)25)28-17(13,15(19)20)8-27-30(31)26-7-9-3-1-2-4-10(9)29-30/h1-6,12-15,24H,7-8H2,(H2,21,22,25)/t12-,13+,14-,17-,30?/m0/s1. The summed E-state index contributed by atoms with van der Waals surface area (Å²) in [5.41, 5.74) is 2.13. The molecule has 3 N–H and O–H groups in total. The smallest absolute Gasteiger partial charge is 0.381 e. The van der Waals surface area contributed by atoms with E-state index in [4.69, 9.17) is 35.8 Å². The maximum absolute atomic E-state index is 15.0. The van der Waals surface area contributed by atoms with Crippen molar-refractivity contribution in [2.24, 2.45) is 0 Å². The molecule has 0 saturated carbocycles. The predicted octanol–water partition coefficient (Wildman–Crippen LogP) is 1.91. The van der Waals surface area contributed by atoms with Crippen molar-refractivity contribution in [3.8, 4) is 5.75 Å². The molecule has 2 aliphatic heterocycles. The first-order chi connectivity index (χ1) is 14.7. The Morgan fingerprint density at radius 2 is 2.16 bits per heavy atom. The Balaban J connectivity index is 1.58. The molecule has 5 atom stereocenters. The minimum atomic E-state index is -3.56. The Kier molecular flexibility index (Phi) is 5.83. The van der Waals surface area contributed by atoms with E-state index in [1.54, 1.807) is 24.3 Å². The number of para-hydroxylation sites is 1. The van der Waals surface area contributed by atoms with E-state index in [0.29, 0.717) is 15.9 Å². The van der Waals surface area contributed by atoms with Gasteiger partial charge < -0.3 is 20.1 Å². The molecule has 168 valence electrons. The van der Waals surface area contributed by atoms with Crippen LogP contribution in [-0.2, 0) is 32.2 Å². The monoisotopic (exact) mass is 479 g/mol. The molecular weight excluding hydrogens is 462 g/mol. The molecule has 0 aliphatic carbocycles.